The van der Waals surface area contributed by atoms with Gasteiger partial charge in [-0.1, -0.05) is 22.0 Å². The van der Waals surface area contributed by atoms with Gasteiger partial charge in [0.15, 0.2) is 6.61 Å². The lowest BCUT2D eigenvalue weighted by molar-refractivity contribution is -0.123. The fourth-order valence-corrected chi connectivity index (χ4v) is 3.11. The maximum absolute atomic E-state index is 12.1. The van der Waals surface area contributed by atoms with Crippen LogP contribution in [0.4, 0.5) is 5.69 Å². The van der Waals surface area contributed by atoms with E-state index in [9.17, 15) is 9.59 Å². The normalized spacial score (nSPS) is 11.1. The molecule has 0 fully saturated rings. The second-order valence-electron chi connectivity index (χ2n) is 6.68. The van der Waals surface area contributed by atoms with E-state index in [2.05, 4.69) is 31.8 Å². The van der Waals surface area contributed by atoms with Crippen molar-refractivity contribution in [1.29, 1.82) is 0 Å². The van der Waals surface area contributed by atoms with Gasteiger partial charge in [0.25, 0.3) is 5.91 Å². The van der Waals surface area contributed by atoms with Gasteiger partial charge >= 0.3 is 0 Å². The number of rotatable bonds is 7. The number of ether oxygens (including phenoxy) is 1. The molecular formula is C21H24BrN3O3. The highest BCUT2D eigenvalue weighted by molar-refractivity contribution is 9.10. The Hall–Kier alpha value is -2.67. The van der Waals surface area contributed by atoms with Gasteiger partial charge in [0.1, 0.15) is 5.75 Å². The largest absolute Gasteiger partial charge is 0.483 e. The number of carbonyl (C=O) groups excluding carboxylic acids is 2. The molecule has 0 atom stereocenters. The van der Waals surface area contributed by atoms with Crippen molar-refractivity contribution in [3.63, 3.8) is 0 Å². The second-order valence-corrected chi connectivity index (χ2v) is 7.60. The van der Waals surface area contributed by atoms with Gasteiger partial charge in [0.2, 0.25) is 5.91 Å². The first kappa shape index (κ1) is 21.6. The van der Waals surface area contributed by atoms with E-state index in [0.717, 1.165) is 26.9 Å². The Bertz CT molecular complexity index is 890. The highest BCUT2D eigenvalue weighted by Crippen LogP contribution is 2.22. The summed E-state index contributed by atoms with van der Waals surface area (Å²) in [6.45, 7) is 7.37. The molecule has 28 heavy (non-hydrogen) atoms. The molecule has 2 N–H and O–H groups in total. The molecule has 0 aliphatic heterocycles. The van der Waals surface area contributed by atoms with E-state index in [0.29, 0.717) is 11.5 Å². The molecule has 148 valence electrons. The van der Waals surface area contributed by atoms with Crippen LogP contribution in [0.5, 0.6) is 5.75 Å². The molecule has 0 spiro atoms. The number of benzene rings is 2. The molecule has 7 heteroatoms. The van der Waals surface area contributed by atoms with E-state index in [-0.39, 0.29) is 18.9 Å². The number of aryl methyl sites for hydroxylation is 3. The first-order chi connectivity index (χ1) is 13.2. The van der Waals surface area contributed by atoms with E-state index >= 15 is 0 Å². The average molecular weight is 446 g/mol. The quantitative estimate of drug-likeness (QED) is 0.493. The van der Waals surface area contributed by atoms with E-state index in [1.807, 2.05) is 51.1 Å². The molecule has 0 radical (unpaired) electrons. The predicted molar refractivity (Wildman–Crippen MR) is 115 cm³/mol. The SMILES string of the molecule is C/C(CC(=O)Nc1cc(C)cc(C)c1)=N\NC(=O)COc1ccc(Br)cc1C. The topological polar surface area (TPSA) is 79.8 Å². The second kappa shape index (κ2) is 10.0. The molecule has 6 nitrogen and oxygen atoms in total. The van der Waals surface area contributed by atoms with Crippen LogP contribution in [-0.2, 0) is 9.59 Å². The third-order valence-corrected chi connectivity index (χ3v) is 4.28. The molecule has 0 unspecified atom stereocenters. The van der Waals surface area contributed by atoms with Gasteiger partial charge < -0.3 is 10.1 Å². The minimum absolute atomic E-state index is 0.0833. The van der Waals surface area contributed by atoms with Crippen molar-refractivity contribution in [2.75, 3.05) is 11.9 Å². The van der Waals surface area contributed by atoms with Crippen LogP contribution in [-0.4, -0.2) is 24.1 Å². The fraction of sp³-hybridized carbons (Fsp3) is 0.286. The Morgan fingerprint density at radius 2 is 1.71 bits per heavy atom. The Labute approximate surface area is 173 Å². The van der Waals surface area contributed by atoms with Crippen molar-refractivity contribution in [2.45, 2.75) is 34.1 Å². The summed E-state index contributed by atoms with van der Waals surface area (Å²) in [4.78, 5) is 24.0. The van der Waals surface area contributed by atoms with Crippen LogP contribution in [0.3, 0.4) is 0 Å². The third kappa shape index (κ3) is 7.15. The number of hydrazone groups is 1. The van der Waals surface area contributed by atoms with Gasteiger partial charge in [-0.25, -0.2) is 5.43 Å². The molecule has 0 aromatic heterocycles. The van der Waals surface area contributed by atoms with E-state index in [1.165, 1.54) is 0 Å². The molecule has 0 aliphatic carbocycles. The molecule has 0 heterocycles. The summed E-state index contributed by atoms with van der Waals surface area (Å²) in [6, 6.07) is 11.4. The van der Waals surface area contributed by atoms with E-state index in [1.54, 1.807) is 13.0 Å². The lowest BCUT2D eigenvalue weighted by atomic mass is 10.1. The fourth-order valence-electron chi connectivity index (χ4n) is 2.63. The first-order valence-corrected chi connectivity index (χ1v) is 9.61. The third-order valence-electron chi connectivity index (χ3n) is 3.79. The smallest absolute Gasteiger partial charge is 0.277 e. The van der Waals surface area contributed by atoms with Crippen LogP contribution < -0.4 is 15.5 Å². The van der Waals surface area contributed by atoms with Gasteiger partial charge in [0, 0.05) is 15.9 Å². The molecule has 2 rings (SSSR count). The Morgan fingerprint density at radius 1 is 1.04 bits per heavy atom. The summed E-state index contributed by atoms with van der Waals surface area (Å²) in [5, 5.41) is 6.80. The van der Waals surface area contributed by atoms with Crippen molar-refractivity contribution in [2.24, 2.45) is 5.10 Å². The van der Waals surface area contributed by atoms with Crippen molar-refractivity contribution in [1.82, 2.24) is 5.43 Å². The van der Waals surface area contributed by atoms with Gasteiger partial charge in [-0.3, -0.25) is 9.59 Å². The molecule has 0 aliphatic rings. The maximum Gasteiger partial charge on any atom is 0.277 e. The van der Waals surface area contributed by atoms with Crippen LogP contribution in [0, 0.1) is 20.8 Å². The minimum atomic E-state index is -0.392. The van der Waals surface area contributed by atoms with Crippen molar-refractivity contribution < 1.29 is 14.3 Å². The van der Waals surface area contributed by atoms with Gasteiger partial charge in [-0.15, -0.1) is 0 Å². The van der Waals surface area contributed by atoms with Gasteiger partial charge in [-0.05, 0) is 74.7 Å². The predicted octanol–water partition coefficient (Wildman–Crippen LogP) is 4.27. The minimum Gasteiger partial charge on any atom is -0.483 e. The maximum atomic E-state index is 12.1. The summed E-state index contributed by atoms with van der Waals surface area (Å²) < 4.78 is 6.43. The molecule has 0 saturated carbocycles. The van der Waals surface area contributed by atoms with E-state index < -0.39 is 5.91 Å². The number of carbonyl (C=O) groups is 2. The molecule has 2 amide bonds. The Kier molecular flexibility index (Phi) is 7.75. The molecule has 0 bridgehead atoms. The van der Waals surface area contributed by atoms with Crippen molar-refractivity contribution in [3.8, 4) is 5.75 Å². The highest BCUT2D eigenvalue weighted by atomic mass is 79.9. The Balaban J connectivity index is 1.80. The lowest BCUT2D eigenvalue weighted by Gasteiger charge is -2.09. The van der Waals surface area contributed by atoms with Gasteiger partial charge in [0.05, 0.1) is 6.42 Å². The summed E-state index contributed by atoms with van der Waals surface area (Å²) in [7, 11) is 0. The zero-order valence-corrected chi connectivity index (χ0v) is 18.0. The standard InChI is InChI=1S/C21H24BrN3O3/c1-13-7-14(2)9-18(8-13)23-20(26)11-16(4)24-25-21(27)12-28-19-6-5-17(22)10-15(19)3/h5-10H,11-12H2,1-4H3,(H,23,26)(H,25,27)/b24-16+. The number of anilines is 1. The zero-order chi connectivity index (χ0) is 20.7. The number of amides is 2. The summed E-state index contributed by atoms with van der Waals surface area (Å²) in [5.41, 5.74) is 6.73. The molecular weight excluding hydrogens is 422 g/mol. The van der Waals surface area contributed by atoms with Crippen LogP contribution in [0.15, 0.2) is 46.0 Å². The van der Waals surface area contributed by atoms with E-state index in [4.69, 9.17) is 4.74 Å². The number of hydrogen-bond acceptors (Lipinski definition) is 4. The molecule has 2 aromatic rings. The number of halogens is 1. The van der Waals surface area contributed by atoms with Crippen molar-refractivity contribution in [3.05, 3.63) is 57.6 Å². The average Bonchev–Trinajstić information content (AvgIpc) is 2.58. The lowest BCUT2D eigenvalue weighted by Crippen LogP contribution is -2.26. The van der Waals surface area contributed by atoms with Gasteiger partial charge in [-0.2, -0.15) is 5.10 Å². The van der Waals surface area contributed by atoms with Crippen LogP contribution in [0.2, 0.25) is 0 Å². The molecule has 0 saturated heterocycles. The molecule has 2 aromatic carbocycles. The van der Waals surface area contributed by atoms with Crippen LogP contribution >= 0.6 is 15.9 Å². The summed E-state index contributed by atoms with van der Waals surface area (Å²) in [6.07, 6.45) is 0.0833. The number of hydrogen-bond donors (Lipinski definition) is 2. The Morgan fingerprint density at radius 3 is 2.36 bits per heavy atom. The van der Waals surface area contributed by atoms with Crippen LogP contribution in [0.1, 0.15) is 30.0 Å². The summed E-state index contributed by atoms with van der Waals surface area (Å²) >= 11 is 3.38. The monoisotopic (exact) mass is 445 g/mol. The number of nitrogens with zero attached hydrogens (tertiary/aromatic N) is 1. The van der Waals surface area contributed by atoms with Crippen LogP contribution in [0.25, 0.3) is 0 Å². The highest BCUT2D eigenvalue weighted by Gasteiger charge is 2.08. The summed E-state index contributed by atoms with van der Waals surface area (Å²) in [5.74, 6) is 0.0468. The first-order valence-electron chi connectivity index (χ1n) is 8.82. The zero-order valence-electron chi connectivity index (χ0n) is 16.4. The van der Waals surface area contributed by atoms with Crippen molar-refractivity contribution >= 4 is 39.1 Å². The number of nitrogens with one attached hydrogen (secondary N) is 2.